The molecule has 3 N–H and O–H groups in total. The molecule has 1 unspecified atom stereocenters. The lowest BCUT2D eigenvalue weighted by molar-refractivity contribution is -0.118. The topological polar surface area (TPSA) is 72.2 Å². The maximum absolute atomic E-state index is 11.2. The van der Waals surface area contributed by atoms with Crippen LogP contribution < -0.4 is 11.1 Å². The van der Waals surface area contributed by atoms with Crippen LogP contribution in [0.25, 0.3) is 0 Å². The number of amides is 1. The Balaban J connectivity index is 2.46. The lowest BCUT2D eigenvalue weighted by Gasteiger charge is -2.05. The minimum absolute atomic E-state index is 0.00209. The number of carbonyl (C=O) groups is 2. The second-order valence-electron chi connectivity index (χ2n) is 2.84. The van der Waals surface area contributed by atoms with Gasteiger partial charge < -0.3 is 15.8 Å². The van der Waals surface area contributed by atoms with Crippen LogP contribution in [0.3, 0.4) is 0 Å². The maximum Gasteiger partial charge on any atom is 0.226 e. The van der Waals surface area contributed by atoms with Crippen molar-refractivity contribution in [3.05, 3.63) is 30.3 Å². The van der Waals surface area contributed by atoms with E-state index in [4.69, 9.17) is 5.73 Å². The number of anilines is 1. The van der Waals surface area contributed by atoms with E-state index in [9.17, 15) is 9.59 Å². The SMILES string of the molecule is NC(C=O)CC(=O)Nc1cc[c]cc1. The summed E-state index contributed by atoms with van der Waals surface area (Å²) in [6.45, 7) is 0. The van der Waals surface area contributed by atoms with E-state index >= 15 is 0 Å². The smallest absolute Gasteiger partial charge is 0.226 e. The van der Waals surface area contributed by atoms with E-state index in [0.29, 0.717) is 12.0 Å². The van der Waals surface area contributed by atoms with Gasteiger partial charge >= 0.3 is 0 Å². The molecule has 1 aromatic rings. The zero-order valence-electron chi connectivity index (χ0n) is 7.57. The van der Waals surface area contributed by atoms with Gasteiger partial charge in [0.25, 0.3) is 0 Å². The van der Waals surface area contributed by atoms with Crippen molar-refractivity contribution in [1.29, 1.82) is 0 Å². The standard InChI is InChI=1S/C10H11N2O2/c11-8(7-13)6-10(14)12-9-4-2-1-3-5-9/h2-5,7-8H,6,11H2,(H,12,14). The van der Waals surface area contributed by atoms with Crippen LogP contribution in [0.5, 0.6) is 0 Å². The van der Waals surface area contributed by atoms with Gasteiger partial charge in [0.05, 0.1) is 6.04 Å². The Kier molecular flexibility index (Phi) is 3.82. The van der Waals surface area contributed by atoms with E-state index in [0.717, 1.165) is 0 Å². The largest absolute Gasteiger partial charge is 0.326 e. The van der Waals surface area contributed by atoms with Gasteiger partial charge in [0.2, 0.25) is 5.91 Å². The van der Waals surface area contributed by atoms with Gasteiger partial charge in [-0.2, -0.15) is 0 Å². The molecule has 0 aliphatic heterocycles. The Morgan fingerprint density at radius 3 is 2.79 bits per heavy atom. The number of hydrogen-bond acceptors (Lipinski definition) is 3. The van der Waals surface area contributed by atoms with E-state index in [2.05, 4.69) is 11.4 Å². The lowest BCUT2D eigenvalue weighted by Crippen LogP contribution is -2.28. The van der Waals surface area contributed by atoms with Gasteiger partial charge in [0.1, 0.15) is 6.29 Å². The van der Waals surface area contributed by atoms with Crippen molar-refractivity contribution in [2.24, 2.45) is 5.73 Å². The van der Waals surface area contributed by atoms with E-state index in [1.165, 1.54) is 0 Å². The molecular weight excluding hydrogens is 180 g/mol. The minimum atomic E-state index is -0.731. The van der Waals surface area contributed by atoms with Crippen molar-refractivity contribution in [2.45, 2.75) is 12.5 Å². The predicted molar refractivity (Wildman–Crippen MR) is 52.6 cm³/mol. The van der Waals surface area contributed by atoms with Gasteiger partial charge in [-0.05, 0) is 18.2 Å². The van der Waals surface area contributed by atoms with Crippen LogP contribution in [0.2, 0.25) is 0 Å². The summed E-state index contributed by atoms with van der Waals surface area (Å²) in [6.07, 6.45) is 0.556. The molecule has 4 heteroatoms. The Morgan fingerprint density at radius 1 is 1.57 bits per heavy atom. The average Bonchev–Trinajstić information content (AvgIpc) is 2.19. The van der Waals surface area contributed by atoms with E-state index < -0.39 is 6.04 Å². The number of hydrogen-bond donors (Lipinski definition) is 2. The van der Waals surface area contributed by atoms with Crippen LogP contribution >= 0.6 is 0 Å². The summed E-state index contributed by atoms with van der Waals surface area (Å²) in [6, 6.07) is 8.90. The summed E-state index contributed by atoms with van der Waals surface area (Å²) >= 11 is 0. The number of nitrogens with two attached hydrogens (primary N) is 1. The molecule has 1 aromatic carbocycles. The Bertz CT molecular complexity index is 311. The number of carbonyl (C=O) groups excluding carboxylic acids is 2. The van der Waals surface area contributed by atoms with Gasteiger partial charge in [-0.3, -0.25) is 4.79 Å². The molecule has 14 heavy (non-hydrogen) atoms. The van der Waals surface area contributed by atoms with Crippen LogP contribution in [-0.4, -0.2) is 18.2 Å². The molecular formula is C10H11N2O2. The van der Waals surface area contributed by atoms with E-state index in [-0.39, 0.29) is 12.3 Å². The van der Waals surface area contributed by atoms with Crippen LogP contribution in [0, 0.1) is 6.07 Å². The van der Waals surface area contributed by atoms with Gasteiger partial charge in [0.15, 0.2) is 0 Å². The molecule has 0 saturated heterocycles. The fraction of sp³-hybridized carbons (Fsp3) is 0.200. The molecule has 0 aliphatic carbocycles. The average molecular weight is 191 g/mol. The summed E-state index contributed by atoms with van der Waals surface area (Å²) in [5, 5.41) is 2.61. The summed E-state index contributed by atoms with van der Waals surface area (Å²) in [4.78, 5) is 21.4. The second-order valence-corrected chi connectivity index (χ2v) is 2.84. The first-order valence-electron chi connectivity index (χ1n) is 4.19. The normalized spacial score (nSPS) is 11.8. The summed E-state index contributed by atoms with van der Waals surface area (Å²) in [5.41, 5.74) is 5.97. The third-order valence-corrected chi connectivity index (χ3v) is 1.60. The highest BCUT2D eigenvalue weighted by Gasteiger charge is 2.07. The minimum Gasteiger partial charge on any atom is -0.326 e. The molecule has 0 heterocycles. The van der Waals surface area contributed by atoms with Crippen LogP contribution in [0.1, 0.15) is 6.42 Å². The molecule has 0 aromatic heterocycles. The van der Waals surface area contributed by atoms with Gasteiger partial charge in [0, 0.05) is 12.1 Å². The molecule has 0 aliphatic rings. The van der Waals surface area contributed by atoms with Crippen molar-refractivity contribution >= 4 is 17.9 Å². The first kappa shape index (κ1) is 10.4. The molecule has 73 valence electrons. The molecule has 0 fully saturated rings. The molecule has 0 saturated carbocycles. The zero-order valence-corrected chi connectivity index (χ0v) is 7.57. The monoisotopic (exact) mass is 191 g/mol. The van der Waals surface area contributed by atoms with Crippen LogP contribution in [0.4, 0.5) is 5.69 Å². The number of benzene rings is 1. The molecule has 1 amide bonds. The highest BCUT2D eigenvalue weighted by Crippen LogP contribution is 2.04. The van der Waals surface area contributed by atoms with Gasteiger partial charge in [-0.15, -0.1) is 0 Å². The highest BCUT2D eigenvalue weighted by atomic mass is 16.1. The number of rotatable bonds is 4. The fourth-order valence-electron chi connectivity index (χ4n) is 0.944. The summed E-state index contributed by atoms with van der Waals surface area (Å²) in [5.74, 6) is -0.268. The molecule has 4 nitrogen and oxygen atoms in total. The highest BCUT2D eigenvalue weighted by molar-refractivity contribution is 5.92. The molecule has 1 rings (SSSR count). The Hall–Kier alpha value is -1.68. The first-order valence-corrected chi connectivity index (χ1v) is 4.19. The quantitative estimate of drug-likeness (QED) is 0.674. The van der Waals surface area contributed by atoms with Crippen LogP contribution in [-0.2, 0) is 9.59 Å². The Morgan fingerprint density at radius 2 is 2.21 bits per heavy atom. The van der Waals surface area contributed by atoms with Gasteiger partial charge in [-0.1, -0.05) is 12.1 Å². The summed E-state index contributed by atoms with van der Waals surface area (Å²) < 4.78 is 0. The van der Waals surface area contributed by atoms with Crippen molar-refractivity contribution in [3.63, 3.8) is 0 Å². The van der Waals surface area contributed by atoms with Crippen molar-refractivity contribution in [2.75, 3.05) is 5.32 Å². The maximum atomic E-state index is 11.2. The van der Waals surface area contributed by atoms with Gasteiger partial charge in [-0.25, -0.2) is 0 Å². The lowest BCUT2D eigenvalue weighted by atomic mass is 10.2. The van der Waals surface area contributed by atoms with E-state index in [1.54, 1.807) is 24.3 Å². The molecule has 0 spiro atoms. The summed E-state index contributed by atoms with van der Waals surface area (Å²) in [7, 11) is 0. The predicted octanol–water partition coefficient (Wildman–Crippen LogP) is 0.342. The fourth-order valence-corrected chi connectivity index (χ4v) is 0.944. The Labute approximate surface area is 82.1 Å². The molecule has 0 bridgehead atoms. The second kappa shape index (κ2) is 5.14. The number of nitrogens with one attached hydrogen (secondary N) is 1. The van der Waals surface area contributed by atoms with Crippen molar-refractivity contribution < 1.29 is 9.59 Å². The zero-order chi connectivity index (χ0) is 10.4. The molecule has 1 radical (unpaired) electrons. The van der Waals surface area contributed by atoms with Crippen molar-refractivity contribution in [3.8, 4) is 0 Å². The van der Waals surface area contributed by atoms with Crippen molar-refractivity contribution in [1.82, 2.24) is 0 Å². The third kappa shape index (κ3) is 3.37. The van der Waals surface area contributed by atoms with Crippen LogP contribution in [0.15, 0.2) is 24.3 Å². The molecule has 1 atom stereocenters. The van der Waals surface area contributed by atoms with E-state index in [1.807, 2.05) is 0 Å². The first-order chi connectivity index (χ1) is 6.72. The third-order valence-electron chi connectivity index (χ3n) is 1.60. The number of aldehydes is 1.